The number of aliphatic hydroxyl groups is 1. The van der Waals surface area contributed by atoms with Gasteiger partial charge in [0.1, 0.15) is 0 Å². The average molecular weight is 277 g/mol. The number of hydrogen-bond acceptors (Lipinski definition) is 3. The molecule has 0 saturated heterocycles. The molecule has 0 heterocycles. The normalized spacial score (nSPS) is 11.7. The molecule has 0 aliphatic heterocycles. The minimum atomic E-state index is -4.44. The number of nitrogens with zero attached hydrogens (tertiary/aromatic N) is 1. The molecule has 108 valence electrons. The van der Waals surface area contributed by atoms with Crippen molar-refractivity contribution < 1.29 is 23.0 Å². The summed E-state index contributed by atoms with van der Waals surface area (Å²) < 4.78 is 44.1. The highest BCUT2D eigenvalue weighted by Crippen LogP contribution is 2.36. The van der Waals surface area contributed by atoms with Crippen LogP contribution in [0.25, 0.3) is 0 Å². The number of benzene rings is 1. The Hall–Kier alpha value is -1.27. The molecule has 1 aromatic carbocycles. The number of ether oxygens (including phenoxy) is 1. The Labute approximate surface area is 110 Å². The van der Waals surface area contributed by atoms with Crippen molar-refractivity contribution in [2.24, 2.45) is 0 Å². The lowest BCUT2D eigenvalue weighted by atomic mass is 10.1. The van der Waals surface area contributed by atoms with Gasteiger partial charge < -0.3 is 14.7 Å². The third kappa shape index (κ3) is 4.40. The molecule has 1 N–H and O–H groups in total. The molecule has 0 aliphatic carbocycles. The van der Waals surface area contributed by atoms with E-state index in [-0.39, 0.29) is 11.3 Å². The van der Waals surface area contributed by atoms with Crippen LogP contribution in [0.3, 0.4) is 0 Å². The molecule has 0 bridgehead atoms. The number of alkyl halides is 3. The Morgan fingerprint density at radius 2 is 2.00 bits per heavy atom. The largest absolute Gasteiger partial charge is 0.418 e. The van der Waals surface area contributed by atoms with Crippen molar-refractivity contribution in [3.8, 4) is 0 Å². The molecule has 19 heavy (non-hydrogen) atoms. The highest BCUT2D eigenvalue weighted by Gasteiger charge is 2.34. The van der Waals surface area contributed by atoms with Crippen molar-refractivity contribution >= 4 is 5.69 Å². The van der Waals surface area contributed by atoms with Gasteiger partial charge in [0.15, 0.2) is 0 Å². The lowest BCUT2D eigenvalue weighted by Gasteiger charge is -2.24. The molecule has 0 saturated carbocycles. The lowest BCUT2D eigenvalue weighted by Crippen LogP contribution is -2.25. The molecule has 3 nitrogen and oxygen atoms in total. The van der Waals surface area contributed by atoms with Gasteiger partial charge in [0.05, 0.1) is 18.8 Å². The summed E-state index contributed by atoms with van der Waals surface area (Å²) in [4.78, 5) is 1.50. The van der Waals surface area contributed by atoms with E-state index in [0.29, 0.717) is 19.8 Å². The molecule has 0 radical (unpaired) electrons. The minimum Gasteiger partial charge on any atom is -0.392 e. The van der Waals surface area contributed by atoms with E-state index in [0.717, 1.165) is 6.07 Å². The van der Waals surface area contributed by atoms with Crippen LogP contribution >= 0.6 is 0 Å². The van der Waals surface area contributed by atoms with Crippen molar-refractivity contribution in [3.63, 3.8) is 0 Å². The van der Waals surface area contributed by atoms with Crippen LogP contribution < -0.4 is 4.90 Å². The Balaban J connectivity index is 2.98. The number of hydrogen-bond donors (Lipinski definition) is 1. The summed E-state index contributed by atoms with van der Waals surface area (Å²) in [6, 6.07) is 3.84. The molecule has 0 atom stereocenters. The van der Waals surface area contributed by atoms with E-state index in [1.165, 1.54) is 17.0 Å². The van der Waals surface area contributed by atoms with Crippen LogP contribution in [-0.4, -0.2) is 31.9 Å². The third-order valence-electron chi connectivity index (χ3n) is 2.74. The van der Waals surface area contributed by atoms with Crippen LogP contribution in [0.5, 0.6) is 0 Å². The molecule has 1 rings (SSSR count). The van der Waals surface area contributed by atoms with Crippen LogP contribution in [0, 0.1) is 0 Å². The monoisotopic (exact) mass is 277 g/mol. The number of anilines is 1. The molecule has 0 unspecified atom stereocenters. The maximum atomic E-state index is 13.0. The zero-order valence-electron chi connectivity index (χ0n) is 11.0. The van der Waals surface area contributed by atoms with Crippen LogP contribution in [0.15, 0.2) is 18.2 Å². The topological polar surface area (TPSA) is 32.7 Å². The van der Waals surface area contributed by atoms with Gasteiger partial charge >= 0.3 is 6.18 Å². The fourth-order valence-electron chi connectivity index (χ4n) is 1.71. The summed E-state index contributed by atoms with van der Waals surface area (Å²) in [5.41, 5.74) is -0.406. The van der Waals surface area contributed by atoms with Gasteiger partial charge in [-0.05, 0) is 24.6 Å². The van der Waals surface area contributed by atoms with Crippen molar-refractivity contribution in [1.29, 1.82) is 0 Å². The van der Waals surface area contributed by atoms with Crippen LogP contribution in [0.4, 0.5) is 18.9 Å². The summed E-state index contributed by atoms with van der Waals surface area (Å²) >= 11 is 0. The fourth-order valence-corrected chi connectivity index (χ4v) is 1.71. The first-order valence-electron chi connectivity index (χ1n) is 6.00. The summed E-state index contributed by atoms with van der Waals surface area (Å²) in [7, 11) is 1.59. The molecule has 0 amide bonds. The Morgan fingerprint density at radius 3 is 2.53 bits per heavy atom. The van der Waals surface area contributed by atoms with Gasteiger partial charge in [-0.25, -0.2) is 0 Å². The second-order valence-electron chi connectivity index (χ2n) is 4.13. The standard InChI is InChI=1S/C13H18F3NO2/c1-3-19-7-6-17(2)12-5-4-10(9-18)8-11(12)13(14,15)16/h4-5,8,18H,3,6-7,9H2,1-2H3. The average Bonchev–Trinajstić information content (AvgIpc) is 2.37. The zero-order chi connectivity index (χ0) is 14.5. The van der Waals surface area contributed by atoms with Gasteiger partial charge in [-0.3, -0.25) is 0 Å². The predicted octanol–water partition coefficient (Wildman–Crippen LogP) is 2.67. The summed E-state index contributed by atoms with van der Waals surface area (Å²) in [6.07, 6.45) is -4.44. The van der Waals surface area contributed by atoms with Gasteiger partial charge in [0.2, 0.25) is 0 Å². The molecule has 0 spiro atoms. The lowest BCUT2D eigenvalue weighted by molar-refractivity contribution is -0.137. The van der Waals surface area contributed by atoms with E-state index in [4.69, 9.17) is 9.84 Å². The van der Waals surface area contributed by atoms with Gasteiger partial charge in [-0.2, -0.15) is 13.2 Å². The smallest absolute Gasteiger partial charge is 0.392 e. The van der Waals surface area contributed by atoms with Crippen LogP contribution in [-0.2, 0) is 17.5 Å². The van der Waals surface area contributed by atoms with E-state index in [2.05, 4.69) is 0 Å². The first kappa shape index (κ1) is 15.8. The van der Waals surface area contributed by atoms with Gasteiger partial charge in [-0.15, -0.1) is 0 Å². The van der Waals surface area contributed by atoms with E-state index < -0.39 is 18.3 Å². The highest BCUT2D eigenvalue weighted by atomic mass is 19.4. The van der Waals surface area contributed by atoms with Crippen molar-refractivity contribution in [3.05, 3.63) is 29.3 Å². The van der Waals surface area contributed by atoms with E-state index in [1.807, 2.05) is 6.92 Å². The molecule has 6 heteroatoms. The first-order valence-corrected chi connectivity index (χ1v) is 6.00. The van der Waals surface area contributed by atoms with E-state index in [9.17, 15) is 13.2 Å². The number of rotatable bonds is 6. The second-order valence-corrected chi connectivity index (χ2v) is 4.13. The van der Waals surface area contributed by atoms with Crippen molar-refractivity contribution in [1.82, 2.24) is 0 Å². The van der Waals surface area contributed by atoms with Gasteiger partial charge in [-0.1, -0.05) is 6.07 Å². The van der Waals surface area contributed by atoms with E-state index >= 15 is 0 Å². The van der Waals surface area contributed by atoms with Crippen LogP contribution in [0.1, 0.15) is 18.1 Å². The van der Waals surface area contributed by atoms with Gasteiger partial charge in [0.25, 0.3) is 0 Å². The molecular formula is C13H18F3NO2. The first-order chi connectivity index (χ1) is 8.90. The Bertz CT molecular complexity index is 407. The van der Waals surface area contributed by atoms with Crippen molar-refractivity contribution in [2.45, 2.75) is 19.7 Å². The summed E-state index contributed by atoms with van der Waals surface area (Å²) in [5.74, 6) is 0. The maximum Gasteiger partial charge on any atom is 0.418 e. The predicted molar refractivity (Wildman–Crippen MR) is 67.1 cm³/mol. The summed E-state index contributed by atoms with van der Waals surface area (Å²) in [5, 5.41) is 8.93. The molecule has 0 aromatic heterocycles. The Kier molecular flexibility index (Phi) is 5.62. The maximum absolute atomic E-state index is 13.0. The SMILES string of the molecule is CCOCCN(C)c1ccc(CO)cc1C(F)(F)F. The number of halogens is 3. The summed E-state index contributed by atoms with van der Waals surface area (Å²) in [6.45, 7) is 2.69. The van der Waals surface area contributed by atoms with Gasteiger partial charge in [0, 0.05) is 25.9 Å². The fraction of sp³-hybridized carbons (Fsp3) is 0.538. The zero-order valence-corrected chi connectivity index (χ0v) is 11.0. The molecule has 0 aliphatic rings. The van der Waals surface area contributed by atoms with Crippen LogP contribution in [0.2, 0.25) is 0 Å². The number of aliphatic hydroxyl groups excluding tert-OH is 1. The molecule has 0 fully saturated rings. The molecular weight excluding hydrogens is 259 g/mol. The number of likely N-dealkylation sites (N-methyl/N-ethyl adjacent to an activating group) is 1. The Morgan fingerprint density at radius 1 is 1.32 bits per heavy atom. The molecule has 1 aromatic rings. The quantitative estimate of drug-likeness (QED) is 0.811. The second kappa shape index (κ2) is 6.77. The minimum absolute atomic E-state index is 0.0874. The highest BCUT2D eigenvalue weighted by molar-refractivity contribution is 5.56. The van der Waals surface area contributed by atoms with E-state index in [1.54, 1.807) is 7.05 Å². The van der Waals surface area contributed by atoms with Crippen molar-refractivity contribution in [2.75, 3.05) is 31.7 Å². The third-order valence-corrected chi connectivity index (χ3v) is 2.74.